The largest absolute Gasteiger partial charge is 0.323 e. The van der Waals surface area contributed by atoms with Crippen molar-refractivity contribution >= 4 is 11.8 Å². The number of hydrogen-bond acceptors (Lipinski definition) is 3. The molecule has 0 aliphatic carbocycles. The van der Waals surface area contributed by atoms with Crippen LogP contribution in [0.2, 0.25) is 0 Å². The van der Waals surface area contributed by atoms with Crippen LogP contribution in [0.5, 0.6) is 0 Å². The van der Waals surface area contributed by atoms with Crippen LogP contribution in [0.15, 0.2) is 18.3 Å². The monoisotopic (exact) mass is 182 g/mol. The Morgan fingerprint density at radius 3 is 2.83 bits per heavy atom. The molecular weight excluding hydrogens is 168 g/mol. The molecule has 1 unspecified atom stereocenters. The van der Waals surface area contributed by atoms with Gasteiger partial charge in [0.1, 0.15) is 0 Å². The van der Waals surface area contributed by atoms with E-state index in [9.17, 15) is 0 Å². The van der Waals surface area contributed by atoms with Gasteiger partial charge in [-0.3, -0.25) is 4.98 Å². The minimum atomic E-state index is 0.119. The molecule has 1 aromatic rings. The van der Waals surface area contributed by atoms with Crippen molar-refractivity contribution in [1.82, 2.24) is 4.98 Å². The molecule has 12 heavy (non-hydrogen) atoms. The van der Waals surface area contributed by atoms with Crippen molar-refractivity contribution in [2.75, 3.05) is 12.0 Å². The molecular formula is C9H14N2S. The summed E-state index contributed by atoms with van der Waals surface area (Å²) in [5, 5.41) is 0. The third-order valence-electron chi connectivity index (χ3n) is 1.71. The van der Waals surface area contributed by atoms with Crippen molar-refractivity contribution in [1.29, 1.82) is 0 Å². The predicted octanol–water partition coefficient (Wildman–Crippen LogP) is 1.75. The van der Waals surface area contributed by atoms with Gasteiger partial charge < -0.3 is 5.73 Å². The maximum absolute atomic E-state index is 5.89. The summed E-state index contributed by atoms with van der Waals surface area (Å²) in [6, 6.07) is 4.16. The Morgan fingerprint density at radius 2 is 2.33 bits per heavy atom. The summed E-state index contributed by atoms with van der Waals surface area (Å²) < 4.78 is 0. The Balaban J connectivity index is 2.68. The van der Waals surface area contributed by atoms with Gasteiger partial charge in [0.05, 0.1) is 0 Å². The second-order valence-corrected chi connectivity index (χ2v) is 3.71. The number of rotatable bonds is 3. The average Bonchev–Trinajstić information content (AvgIpc) is 2.06. The van der Waals surface area contributed by atoms with E-state index in [0.29, 0.717) is 0 Å². The molecule has 0 saturated heterocycles. The number of thioether (sulfide) groups is 1. The molecule has 0 spiro atoms. The summed E-state index contributed by atoms with van der Waals surface area (Å²) >= 11 is 1.76. The molecule has 66 valence electrons. The summed E-state index contributed by atoms with van der Waals surface area (Å²) in [6.07, 6.45) is 3.91. The Hall–Kier alpha value is -0.540. The molecule has 1 heterocycles. The molecule has 0 saturated carbocycles. The van der Waals surface area contributed by atoms with E-state index in [2.05, 4.69) is 11.2 Å². The van der Waals surface area contributed by atoms with Gasteiger partial charge in [-0.25, -0.2) is 0 Å². The fourth-order valence-corrected chi connectivity index (χ4v) is 1.53. The van der Waals surface area contributed by atoms with Crippen molar-refractivity contribution in [3.63, 3.8) is 0 Å². The highest BCUT2D eigenvalue weighted by atomic mass is 32.2. The van der Waals surface area contributed by atoms with Crippen molar-refractivity contribution in [3.8, 4) is 0 Å². The second-order valence-electron chi connectivity index (χ2n) is 2.79. The first-order valence-corrected chi connectivity index (χ1v) is 5.30. The molecule has 0 aliphatic heterocycles. The van der Waals surface area contributed by atoms with Gasteiger partial charge in [0.25, 0.3) is 0 Å². The van der Waals surface area contributed by atoms with Gasteiger partial charge >= 0.3 is 0 Å². The lowest BCUT2D eigenvalue weighted by molar-refractivity contribution is 0.823. The smallest absolute Gasteiger partial charge is 0.0402 e. The van der Waals surface area contributed by atoms with Crippen molar-refractivity contribution < 1.29 is 0 Å². The van der Waals surface area contributed by atoms with Gasteiger partial charge in [0.2, 0.25) is 0 Å². The molecule has 2 N–H and O–H groups in total. The van der Waals surface area contributed by atoms with Gasteiger partial charge in [0.15, 0.2) is 0 Å². The van der Waals surface area contributed by atoms with Crippen LogP contribution in [0, 0.1) is 6.92 Å². The van der Waals surface area contributed by atoms with Crippen LogP contribution in [0.1, 0.15) is 17.3 Å². The van der Waals surface area contributed by atoms with E-state index < -0.39 is 0 Å². The molecule has 0 bridgehead atoms. The Kier molecular flexibility index (Phi) is 3.56. The van der Waals surface area contributed by atoms with Crippen LogP contribution >= 0.6 is 11.8 Å². The maximum Gasteiger partial charge on any atom is 0.0402 e. The van der Waals surface area contributed by atoms with E-state index in [1.54, 1.807) is 11.8 Å². The highest BCUT2D eigenvalue weighted by molar-refractivity contribution is 7.98. The highest BCUT2D eigenvalue weighted by Crippen LogP contribution is 2.13. The minimum absolute atomic E-state index is 0.119. The van der Waals surface area contributed by atoms with Crippen LogP contribution in [-0.4, -0.2) is 17.0 Å². The van der Waals surface area contributed by atoms with Crippen LogP contribution < -0.4 is 5.73 Å². The molecule has 0 fully saturated rings. The van der Waals surface area contributed by atoms with Crippen molar-refractivity contribution in [3.05, 3.63) is 29.6 Å². The first-order valence-electron chi connectivity index (χ1n) is 3.91. The van der Waals surface area contributed by atoms with Gasteiger partial charge in [-0.2, -0.15) is 11.8 Å². The van der Waals surface area contributed by atoms with Crippen LogP contribution in [0.3, 0.4) is 0 Å². The van der Waals surface area contributed by atoms with Gasteiger partial charge in [-0.05, 0) is 24.8 Å². The van der Waals surface area contributed by atoms with Gasteiger partial charge in [0, 0.05) is 23.7 Å². The summed E-state index contributed by atoms with van der Waals surface area (Å²) in [4.78, 5) is 4.19. The van der Waals surface area contributed by atoms with Crippen LogP contribution in [0.25, 0.3) is 0 Å². The summed E-state index contributed by atoms with van der Waals surface area (Å²) in [5.41, 5.74) is 8.05. The Labute approximate surface area is 77.6 Å². The first kappa shape index (κ1) is 9.55. The zero-order chi connectivity index (χ0) is 8.97. The number of pyridine rings is 1. The molecule has 1 rings (SSSR count). The molecule has 1 atom stereocenters. The van der Waals surface area contributed by atoms with Gasteiger partial charge in [-0.1, -0.05) is 6.07 Å². The van der Waals surface area contributed by atoms with Crippen LogP contribution in [-0.2, 0) is 0 Å². The maximum atomic E-state index is 5.89. The topological polar surface area (TPSA) is 38.9 Å². The van der Waals surface area contributed by atoms with E-state index in [4.69, 9.17) is 5.73 Å². The zero-order valence-electron chi connectivity index (χ0n) is 7.45. The molecule has 0 aromatic carbocycles. The first-order chi connectivity index (χ1) is 5.74. The molecule has 2 nitrogen and oxygen atoms in total. The Bertz CT molecular complexity index is 233. The normalized spacial score (nSPS) is 12.9. The van der Waals surface area contributed by atoms with E-state index >= 15 is 0 Å². The zero-order valence-corrected chi connectivity index (χ0v) is 8.27. The summed E-state index contributed by atoms with van der Waals surface area (Å²) in [5.74, 6) is 0.949. The molecule has 3 heteroatoms. The minimum Gasteiger partial charge on any atom is -0.323 e. The number of hydrogen-bond donors (Lipinski definition) is 1. The summed E-state index contributed by atoms with van der Waals surface area (Å²) in [6.45, 7) is 1.98. The molecule has 0 amide bonds. The van der Waals surface area contributed by atoms with Gasteiger partial charge in [-0.15, -0.1) is 0 Å². The number of aryl methyl sites for hydroxylation is 1. The standard InChI is InChI=1S/C9H14N2S/c1-7-3-4-8(5-11-7)9(10)6-12-2/h3-5,9H,6,10H2,1-2H3. The lowest BCUT2D eigenvalue weighted by Gasteiger charge is -2.09. The summed E-state index contributed by atoms with van der Waals surface area (Å²) in [7, 11) is 0. The third-order valence-corrected chi connectivity index (χ3v) is 2.40. The van der Waals surface area contributed by atoms with E-state index in [0.717, 1.165) is 17.0 Å². The fraction of sp³-hybridized carbons (Fsp3) is 0.444. The van der Waals surface area contributed by atoms with E-state index in [-0.39, 0.29) is 6.04 Å². The highest BCUT2D eigenvalue weighted by Gasteiger charge is 2.03. The number of aromatic nitrogens is 1. The third kappa shape index (κ3) is 2.50. The quantitative estimate of drug-likeness (QED) is 0.774. The average molecular weight is 182 g/mol. The number of nitrogens with two attached hydrogens (primary N) is 1. The van der Waals surface area contributed by atoms with Crippen molar-refractivity contribution in [2.45, 2.75) is 13.0 Å². The van der Waals surface area contributed by atoms with E-state index in [1.165, 1.54) is 0 Å². The second kappa shape index (κ2) is 4.48. The van der Waals surface area contributed by atoms with E-state index in [1.807, 2.05) is 25.3 Å². The Morgan fingerprint density at radius 1 is 1.58 bits per heavy atom. The SMILES string of the molecule is CSCC(N)c1ccc(C)nc1. The number of nitrogens with zero attached hydrogens (tertiary/aromatic N) is 1. The molecule has 0 radical (unpaired) electrons. The van der Waals surface area contributed by atoms with Crippen LogP contribution in [0.4, 0.5) is 0 Å². The lowest BCUT2D eigenvalue weighted by Crippen LogP contribution is -2.12. The lowest BCUT2D eigenvalue weighted by atomic mass is 10.1. The van der Waals surface area contributed by atoms with Crippen molar-refractivity contribution in [2.24, 2.45) is 5.73 Å². The fourth-order valence-electron chi connectivity index (χ4n) is 0.974. The predicted molar refractivity (Wildman–Crippen MR) is 54.3 cm³/mol. The molecule has 0 aliphatic rings. The molecule has 1 aromatic heterocycles.